The molecule has 2 heterocycles. The Kier molecular flexibility index (Phi) is 7.14. The standard InChI is InChI=1S/C21H22FN5O2.HI/c1-14-24-7-8-27(14)18-5-3-15(11-17(18)22)13-25-21(23)26-16-4-6-19-20(12-16)29-10-2-9-28-19;/h3-8,11-12H,2,9-10,13H2,1H3,(H3,23,25,26);1H. The maximum atomic E-state index is 14.5. The van der Waals surface area contributed by atoms with Gasteiger partial charge in [-0.25, -0.2) is 14.4 Å². The zero-order valence-electron chi connectivity index (χ0n) is 16.5. The monoisotopic (exact) mass is 523 g/mol. The molecule has 1 aromatic heterocycles. The molecule has 0 amide bonds. The zero-order valence-corrected chi connectivity index (χ0v) is 18.8. The van der Waals surface area contributed by atoms with Gasteiger partial charge in [-0.1, -0.05) is 6.07 Å². The SMILES string of the molecule is Cc1nccn1-c1ccc(CN=C(N)Nc2ccc3c(c2)OCCCO3)cc1F.I. The minimum Gasteiger partial charge on any atom is -0.490 e. The number of rotatable bonds is 4. The average Bonchev–Trinajstić information content (AvgIpc) is 2.99. The first-order valence-electron chi connectivity index (χ1n) is 9.35. The Morgan fingerprint density at radius 1 is 1.20 bits per heavy atom. The first-order chi connectivity index (χ1) is 14.1. The van der Waals surface area contributed by atoms with Crippen LogP contribution in [-0.2, 0) is 6.54 Å². The molecule has 0 atom stereocenters. The lowest BCUT2D eigenvalue weighted by atomic mass is 10.2. The van der Waals surface area contributed by atoms with Crippen molar-refractivity contribution < 1.29 is 13.9 Å². The van der Waals surface area contributed by atoms with Crippen molar-refractivity contribution in [1.82, 2.24) is 9.55 Å². The molecule has 1 aliphatic rings. The molecule has 0 bridgehead atoms. The van der Waals surface area contributed by atoms with Gasteiger partial charge in [0.1, 0.15) is 11.6 Å². The lowest BCUT2D eigenvalue weighted by Crippen LogP contribution is -2.22. The van der Waals surface area contributed by atoms with E-state index in [9.17, 15) is 4.39 Å². The van der Waals surface area contributed by atoms with Gasteiger partial charge in [-0.05, 0) is 36.8 Å². The number of anilines is 1. The summed E-state index contributed by atoms with van der Waals surface area (Å²) >= 11 is 0. The third-order valence-electron chi connectivity index (χ3n) is 4.55. The van der Waals surface area contributed by atoms with Crippen LogP contribution in [0.3, 0.4) is 0 Å². The quantitative estimate of drug-likeness (QED) is 0.307. The summed E-state index contributed by atoms with van der Waals surface area (Å²) in [7, 11) is 0. The highest BCUT2D eigenvalue weighted by Crippen LogP contribution is 2.32. The minimum absolute atomic E-state index is 0. The maximum Gasteiger partial charge on any atom is 0.193 e. The smallest absolute Gasteiger partial charge is 0.193 e. The Morgan fingerprint density at radius 2 is 2.00 bits per heavy atom. The van der Waals surface area contributed by atoms with Crippen LogP contribution < -0.4 is 20.5 Å². The third kappa shape index (κ3) is 5.02. The van der Waals surface area contributed by atoms with Crippen LogP contribution in [0, 0.1) is 12.7 Å². The fourth-order valence-corrected chi connectivity index (χ4v) is 3.08. The van der Waals surface area contributed by atoms with Crippen molar-refractivity contribution in [1.29, 1.82) is 0 Å². The summed E-state index contributed by atoms with van der Waals surface area (Å²) in [6, 6.07) is 10.5. The van der Waals surface area contributed by atoms with Gasteiger partial charge in [-0.3, -0.25) is 0 Å². The van der Waals surface area contributed by atoms with Gasteiger partial charge in [-0.15, -0.1) is 24.0 Å². The molecule has 7 nitrogen and oxygen atoms in total. The van der Waals surface area contributed by atoms with Crippen molar-refractivity contribution in [2.75, 3.05) is 18.5 Å². The van der Waals surface area contributed by atoms with E-state index in [0.717, 1.165) is 17.9 Å². The van der Waals surface area contributed by atoms with E-state index in [1.807, 2.05) is 31.2 Å². The predicted molar refractivity (Wildman–Crippen MR) is 125 cm³/mol. The summed E-state index contributed by atoms with van der Waals surface area (Å²) < 4.78 is 27.5. The van der Waals surface area contributed by atoms with Crippen molar-refractivity contribution in [2.45, 2.75) is 19.9 Å². The fourth-order valence-electron chi connectivity index (χ4n) is 3.08. The molecule has 0 aliphatic carbocycles. The molecule has 30 heavy (non-hydrogen) atoms. The molecule has 0 radical (unpaired) electrons. The lowest BCUT2D eigenvalue weighted by molar-refractivity contribution is 0.297. The molecule has 1 aliphatic heterocycles. The topological polar surface area (TPSA) is 86.7 Å². The molecular weight excluding hydrogens is 500 g/mol. The number of hydrogen-bond donors (Lipinski definition) is 2. The van der Waals surface area contributed by atoms with Gasteiger partial charge >= 0.3 is 0 Å². The van der Waals surface area contributed by atoms with Crippen molar-refractivity contribution in [3.63, 3.8) is 0 Å². The van der Waals surface area contributed by atoms with E-state index < -0.39 is 0 Å². The van der Waals surface area contributed by atoms with Gasteiger partial charge in [0.2, 0.25) is 0 Å². The van der Waals surface area contributed by atoms with Crippen molar-refractivity contribution in [3.05, 3.63) is 66.0 Å². The summed E-state index contributed by atoms with van der Waals surface area (Å²) in [6.45, 7) is 3.33. The normalized spacial score (nSPS) is 13.3. The highest BCUT2D eigenvalue weighted by atomic mass is 127. The molecule has 0 fully saturated rings. The number of benzene rings is 2. The van der Waals surface area contributed by atoms with Gasteiger partial charge in [0.05, 0.1) is 25.4 Å². The van der Waals surface area contributed by atoms with E-state index in [1.54, 1.807) is 23.0 Å². The third-order valence-corrected chi connectivity index (χ3v) is 4.55. The number of guanidine groups is 1. The predicted octanol–water partition coefficient (Wildman–Crippen LogP) is 4.03. The van der Waals surface area contributed by atoms with E-state index in [2.05, 4.69) is 15.3 Å². The van der Waals surface area contributed by atoms with E-state index in [1.165, 1.54) is 6.07 Å². The van der Waals surface area contributed by atoms with Crippen LogP contribution >= 0.6 is 24.0 Å². The fraction of sp³-hybridized carbons (Fsp3) is 0.238. The number of aromatic nitrogens is 2. The number of halogens is 2. The first-order valence-corrected chi connectivity index (χ1v) is 9.35. The van der Waals surface area contributed by atoms with Crippen LogP contribution in [0.2, 0.25) is 0 Å². The van der Waals surface area contributed by atoms with Crippen LogP contribution in [0.5, 0.6) is 11.5 Å². The van der Waals surface area contributed by atoms with Gasteiger partial charge < -0.3 is 25.1 Å². The molecular formula is C21H23FIN5O2. The molecule has 9 heteroatoms. The number of nitrogens with zero attached hydrogens (tertiary/aromatic N) is 3. The van der Waals surface area contributed by atoms with Gasteiger partial charge in [-0.2, -0.15) is 0 Å². The molecule has 3 N–H and O–H groups in total. The number of aliphatic imine (C=N–C) groups is 1. The minimum atomic E-state index is -0.340. The second kappa shape index (κ2) is 9.79. The Morgan fingerprint density at radius 3 is 2.73 bits per heavy atom. The Balaban J connectivity index is 0.00000256. The number of hydrogen-bond acceptors (Lipinski definition) is 4. The number of aryl methyl sites for hydroxylation is 1. The number of ether oxygens (including phenoxy) is 2. The molecule has 2 aromatic carbocycles. The largest absolute Gasteiger partial charge is 0.490 e. The van der Waals surface area contributed by atoms with Crippen LogP contribution in [0.15, 0.2) is 53.8 Å². The molecule has 0 saturated heterocycles. The zero-order chi connectivity index (χ0) is 20.2. The summed E-state index contributed by atoms with van der Waals surface area (Å²) in [6.07, 6.45) is 4.21. The summed E-state index contributed by atoms with van der Waals surface area (Å²) in [5, 5.41) is 3.02. The van der Waals surface area contributed by atoms with Crippen molar-refractivity contribution >= 4 is 35.6 Å². The number of nitrogens with one attached hydrogen (secondary N) is 1. The van der Waals surface area contributed by atoms with Crippen molar-refractivity contribution in [2.24, 2.45) is 10.7 Å². The van der Waals surface area contributed by atoms with Crippen LogP contribution in [0.4, 0.5) is 10.1 Å². The highest BCUT2D eigenvalue weighted by molar-refractivity contribution is 14.0. The van der Waals surface area contributed by atoms with Crippen LogP contribution in [0.1, 0.15) is 17.8 Å². The number of nitrogens with two attached hydrogens (primary N) is 1. The lowest BCUT2D eigenvalue weighted by Gasteiger charge is -2.11. The second-order valence-electron chi connectivity index (χ2n) is 6.67. The molecule has 3 aromatic rings. The van der Waals surface area contributed by atoms with Crippen LogP contribution in [-0.4, -0.2) is 28.7 Å². The summed E-state index contributed by atoms with van der Waals surface area (Å²) in [5.41, 5.74) is 7.89. The van der Waals surface area contributed by atoms with E-state index in [-0.39, 0.29) is 42.3 Å². The van der Waals surface area contributed by atoms with Gasteiger partial charge in [0.15, 0.2) is 17.5 Å². The Bertz CT molecular complexity index is 1050. The van der Waals surface area contributed by atoms with Gasteiger partial charge in [0, 0.05) is 30.6 Å². The van der Waals surface area contributed by atoms with E-state index in [0.29, 0.717) is 36.0 Å². The van der Waals surface area contributed by atoms with Gasteiger partial charge in [0.25, 0.3) is 0 Å². The molecule has 0 unspecified atom stereocenters. The molecule has 4 rings (SSSR count). The highest BCUT2D eigenvalue weighted by Gasteiger charge is 2.11. The van der Waals surface area contributed by atoms with E-state index >= 15 is 0 Å². The first kappa shape index (κ1) is 21.9. The maximum absolute atomic E-state index is 14.5. The number of fused-ring (bicyclic) bond motifs is 1. The Labute approximate surface area is 191 Å². The average molecular weight is 523 g/mol. The summed E-state index contributed by atoms with van der Waals surface area (Å²) in [4.78, 5) is 8.42. The van der Waals surface area contributed by atoms with Crippen LogP contribution in [0.25, 0.3) is 5.69 Å². The summed E-state index contributed by atoms with van der Waals surface area (Å²) in [5.74, 6) is 2.00. The number of imidazole rings is 1. The molecule has 0 spiro atoms. The second-order valence-corrected chi connectivity index (χ2v) is 6.67. The van der Waals surface area contributed by atoms with Crippen molar-refractivity contribution in [3.8, 4) is 17.2 Å². The molecule has 158 valence electrons. The van der Waals surface area contributed by atoms with E-state index in [4.69, 9.17) is 15.2 Å². The molecule has 0 saturated carbocycles. The Hall–Kier alpha value is -2.82.